The molecule has 2 saturated carbocycles. The predicted octanol–water partition coefficient (Wildman–Crippen LogP) is 7.23. The molecule has 0 spiro atoms. The first-order valence-electron chi connectivity index (χ1n) is 17.2. The normalized spacial score (nSPS) is 18.5. The number of hydroxylamine groups is 2. The van der Waals surface area contributed by atoms with Gasteiger partial charge in [-0.3, -0.25) is 19.6 Å². The zero-order valence-corrected chi connectivity index (χ0v) is 27.9. The molecule has 2 aliphatic carbocycles. The van der Waals surface area contributed by atoms with Crippen LogP contribution in [0.3, 0.4) is 0 Å². The van der Waals surface area contributed by atoms with E-state index in [4.69, 9.17) is 0 Å². The highest BCUT2D eigenvalue weighted by Crippen LogP contribution is 2.39. The lowest BCUT2D eigenvalue weighted by Gasteiger charge is -2.38. The van der Waals surface area contributed by atoms with Gasteiger partial charge < -0.3 is 15.5 Å². The maximum atomic E-state index is 13.8. The predicted molar refractivity (Wildman–Crippen MR) is 182 cm³/mol. The Morgan fingerprint density at radius 2 is 1.70 bits per heavy atom. The van der Waals surface area contributed by atoms with Gasteiger partial charge in [-0.1, -0.05) is 71.4 Å². The Bertz CT molecular complexity index is 1480. The third-order valence-corrected chi connectivity index (χ3v) is 9.87. The van der Waals surface area contributed by atoms with E-state index in [0.29, 0.717) is 35.9 Å². The molecular formula is C38H49FN4O4. The lowest BCUT2D eigenvalue weighted by Crippen LogP contribution is -2.54. The van der Waals surface area contributed by atoms with Crippen molar-refractivity contribution in [3.05, 3.63) is 71.2 Å². The van der Waals surface area contributed by atoms with Crippen LogP contribution in [0, 0.1) is 23.1 Å². The van der Waals surface area contributed by atoms with E-state index in [-0.39, 0.29) is 30.2 Å². The van der Waals surface area contributed by atoms with Crippen molar-refractivity contribution in [3.8, 4) is 0 Å². The quantitative estimate of drug-likeness (QED) is 0.104. The van der Waals surface area contributed by atoms with E-state index in [9.17, 15) is 24.0 Å². The third kappa shape index (κ3) is 8.70. The van der Waals surface area contributed by atoms with Crippen molar-refractivity contribution < 1.29 is 24.0 Å². The highest BCUT2D eigenvalue weighted by atomic mass is 19.1. The maximum Gasteiger partial charge on any atom is 0.247 e. The summed E-state index contributed by atoms with van der Waals surface area (Å²) < 4.78 is 13.8. The molecule has 47 heavy (non-hydrogen) atoms. The molecule has 3 N–H and O–H groups in total. The molecule has 3 amide bonds. The molecule has 0 bridgehead atoms. The summed E-state index contributed by atoms with van der Waals surface area (Å²) in [6.45, 7) is 5.59. The van der Waals surface area contributed by atoms with Crippen LogP contribution in [0.5, 0.6) is 0 Å². The Morgan fingerprint density at radius 1 is 1.02 bits per heavy atom. The van der Waals surface area contributed by atoms with E-state index in [1.54, 1.807) is 12.1 Å². The SMILES string of the molecule is CC(C)(C)C(NC(=O)C(CC1CCCC1)CN(O)C=O)C(=O)Nc1ccc2c(c1)CC=C=C(c1ccc(F)cc1)N2C1CCCCC1. The Kier molecular flexibility index (Phi) is 11.2. The van der Waals surface area contributed by atoms with Crippen molar-refractivity contribution in [1.29, 1.82) is 0 Å². The van der Waals surface area contributed by atoms with E-state index in [2.05, 4.69) is 21.3 Å². The van der Waals surface area contributed by atoms with Crippen LogP contribution >= 0.6 is 0 Å². The van der Waals surface area contributed by atoms with Crippen LogP contribution in [0.4, 0.5) is 15.8 Å². The molecule has 252 valence electrons. The Balaban J connectivity index is 1.37. The summed E-state index contributed by atoms with van der Waals surface area (Å²) in [5, 5.41) is 16.5. The minimum atomic E-state index is -0.853. The molecule has 8 nitrogen and oxygen atoms in total. The Hall–Kier alpha value is -3.94. The summed E-state index contributed by atoms with van der Waals surface area (Å²) in [7, 11) is 0. The van der Waals surface area contributed by atoms with Gasteiger partial charge in [0.15, 0.2) is 0 Å². The van der Waals surface area contributed by atoms with Gasteiger partial charge in [-0.05, 0) is 84.7 Å². The van der Waals surface area contributed by atoms with Crippen LogP contribution < -0.4 is 15.5 Å². The number of nitrogens with one attached hydrogen (secondary N) is 2. The molecule has 1 heterocycles. The topological polar surface area (TPSA) is 102 Å². The van der Waals surface area contributed by atoms with Crippen LogP contribution in [0.15, 0.2) is 54.3 Å². The smallest absolute Gasteiger partial charge is 0.247 e. The molecule has 5 rings (SSSR count). The summed E-state index contributed by atoms with van der Waals surface area (Å²) in [5.41, 5.74) is 7.45. The molecule has 0 saturated heterocycles. The van der Waals surface area contributed by atoms with Gasteiger partial charge in [0.2, 0.25) is 18.2 Å². The summed E-state index contributed by atoms with van der Waals surface area (Å²) in [6, 6.07) is 11.9. The second kappa shape index (κ2) is 15.3. The Morgan fingerprint density at radius 3 is 2.36 bits per heavy atom. The van der Waals surface area contributed by atoms with E-state index in [1.165, 1.54) is 18.6 Å². The first-order valence-corrected chi connectivity index (χ1v) is 17.2. The van der Waals surface area contributed by atoms with Gasteiger partial charge in [0, 0.05) is 29.4 Å². The lowest BCUT2D eigenvalue weighted by molar-refractivity contribution is -0.155. The van der Waals surface area contributed by atoms with Crippen molar-refractivity contribution in [3.63, 3.8) is 0 Å². The number of allylic oxidation sites excluding steroid dienone is 1. The first kappa shape index (κ1) is 34.4. The fraction of sp³-hybridized carbons (Fsp3) is 0.526. The molecule has 0 aromatic heterocycles. The molecular weight excluding hydrogens is 595 g/mol. The fourth-order valence-electron chi connectivity index (χ4n) is 7.39. The number of fused-ring (bicyclic) bond motifs is 1. The summed E-state index contributed by atoms with van der Waals surface area (Å²) in [5.74, 6) is -1.23. The van der Waals surface area contributed by atoms with Crippen LogP contribution in [0.25, 0.3) is 5.70 Å². The largest absolute Gasteiger partial charge is 0.343 e. The summed E-state index contributed by atoms with van der Waals surface area (Å²) >= 11 is 0. The van der Waals surface area contributed by atoms with Gasteiger partial charge in [-0.15, -0.1) is 0 Å². The van der Waals surface area contributed by atoms with Crippen molar-refractivity contribution in [2.45, 2.75) is 103 Å². The second-order valence-electron chi connectivity index (χ2n) is 14.5. The summed E-state index contributed by atoms with van der Waals surface area (Å²) in [6.07, 6.45) is 13.4. The number of carbonyl (C=O) groups is 3. The number of anilines is 2. The number of hydrogen-bond donors (Lipinski definition) is 3. The number of rotatable bonds is 11. The number of benzene rings is 2. The number of amides is 3. The van der Waals surface area contributed by atoms with Crippen LogP contribution in [0.2, 0.25) is 0 Å². The molecule has 1 aliphatic heterocycles. The number of nitrogens with zero attached hydrogens (tertiary/aromatic N) is 2. The molecule has 0 radical (unpaired) electrons. The zero-order valence-electron chi connectivity index (χ0n) is 27.9. The number of hydrogen-bond acceptors (Lipinski definition) is 5. The van der Waals surface area contributed by atoms with Gasteiger partial charge in [0.25, 0.3) is 0 Å². The van der Waals surface area contributed by atoms with Gasteiger partial charge in [0.05, 0.1) is 18.2 Å². The number of carbonyl (C=O) groups excluding carboxylic acids is 3. The second-order valence-corrected chi connectivity index (χ2v) is 14.5. The average molecular weight is 645 g/mol. The lowest BCUT2D eigenvalue weighted by atomic mass is 9.85. The first-order chi connectivity index (χ1) is 22.5. The zero-order chi connectivity index (χ0) is 33.6. The molecule has 2 aromatic rings. The van der Waals surface area contributed by atoms with Gasteiger partial charge in [-0.25, -0.2) is 9.45 Å². The van der Waals surface area contributed by atoms with E-state index < -0.39 is 17.4 Å². The molecule has 2 aromatic carbocycles. The average Bonchev–Trinajstić information content (AvgIpc) is 3.49. The van der Waals surface area contributed by atoms with E-state index >= 15 is 0 Å². The molecule has 9 heteroatoms. The molecule has 2 fully saturated rings. The molecule has 3 aliphatic rings. The van der Waals surface area contributed by atoms with Crippen molar-refractivity contribution in [2.75, 3.05) is 16.8 Å². The monoisotopic (exact) mass is 644 g/mol. The van der Waals surface area contributed by atoms with Crippen molar-refractivity contribution >= 4 is 35.3 Å². The fourth-order valence-corrected chi connectivity index (χ4v) is 7.39. The highest BCUT2D eigenvalue weighted by Gasteiger charge is 2.36. The standard InChI is InChI=1S/C38H49FN4O4/c1-38(2,3)35(41-36(45)29(24-42(47)25-44)22-26-10-7-8-11-26)37(46)40-31-20-21-34-28(23-31)12-9-15-33(27-16-18-30(39)19-17-27)43(34)32-13-5-4-6-14-32/h9,16-21,23,25-26,29,32,35,47H,4-8,10-14,22,24H2,1-3H3,(H,40,46)(H,41,45). The van der Waals surface area contributed by atoms with Crippen LogP contribution in [-0.4, -0.2) is 47.1 Å². The third-order valence-electron chi connectivity index (χ3n) is 9.87. The molecule has 2 unspecified atom stereocenters. The van der Waals surface area contributed by atoms with Crippen molar-refractivity contribution in [1.82, 2.24) is 10.4 Å². The minimum Gasteiger partial charge on any atom is -0.343 e. The van der Waals surface area contributed by atoms with Gasteiger partial charge in [-0.2, -0.15) is 0 Å². The molecule has 2 atom stereocenters. The van der Waals surface area contributed by atoms with Gasteiger partial charge >= 0.3 is 0 Å². The van der Waals surface area contributed by atoms with Crippen molar-refractivity contribution in [2.24, 2.45) is 17.3 Å². The van der Waals surface area contributed by atoms with Gasteiger partial charge in [0.1, 0.15) is 11.9 Å². The highest BCUT2D eigenvalue weighted by molar-refractivity contribution is 5.98. The maximum absolute atomic E-state index is 13.8. The van der Waals surface area contributed by atoms with Crippen LogP contribution in [-0.2, 0) is 20.8 Å². The summed E-state index contributed by atoms with van der Waals surface area (Å²) in [4.78, 5) is 41.0. The Labute approximate surface area is 278 Å². The van der Waals surface area contributed by atoms with Crippen LogP contribution in [0.1, 0.15) is 96.1 Å². The minimum absolute atomic E-state index is 0.117. The van der Waals surface area contributed by atoms with E-state index in [0.717, 1.165) is 73.9 Å². The van der Waals surface area contributed by atoms with E-state index in [1.807, 2.05) is 45.0 Å². The number of halogens is 1.